The summed E-state index contributed by atoms with van der Waals surface area (Å²) in [6, 6.07) is 21.6. The van der Waals surface area contributed by atoms with E-state index >= 15 is 0 Å². The zero-order valence-corrected chi connectivity index (χ0v) is 23.0. The van der Waals surface area contributed by atoms with Crippen LogP contribution in [0.2, 0.25) is 10.0 Å². The molecule has 0 saturated carbocycles. The highest BCUT2D eigenvalue weighted by Crippen LogP contribution is 2.29. The molecule has 0 aromatic heterocycles. The Morgan fingerprint density at radius 1 is 0.868 bits per heavy atom. The fourth-order valence-corrected chi connectivity index (χ4v) is 6.74. The van der Waals surface area contributed by atoms with Crippen LogP contribution in [0.15, 0.2) is 72.8 Å². The van der Waals surface area contributed by atoms with Crippen LogP contribution in [0.3, 0.4) is 0 Å². The second kappa shape index (κ2) is 12.8. The number of benzene rings is 3. The van der Waals surface area contributed by atoms with Crippen LogP contribution in [0.25, 0.3) is 0 Å². The Morgan fingerprint density at radius 3 is 2.18 bits per heavy atom. The molecule has 3 aromatic carbocycles. The number of amides is 2. The first-order chi connectivity index (χ1) is 18.2. The Bertz CT molecular complexity index is 1370. The molecule has 3 aromatic rings. The standard InChI is InChI=1S/C28H29Cl2N3O4S/c29-24-10-6-11-25(30)23(24)19-38(36,37)33-17-14-21(15-18-33)27(34)32-26-12-5-4-9-22(26)28(35)31-16-13-20-7-2-1-3-8-20/h1-12,21H,13-19H2,(H,31,35)(H,32,34). The van der Waals surface area contributed by atoms with Crippen molar-refractivity contribution in [3.63, 3.8) is 0 Å². The number of nitrogens with one attached hydrogen (secondary N) is 2. The van der Waals surface area contributed by atoms with Crippen LogP contribution >= 0.6 is 23.2 Å². The average Bonchev–Trinajstić information content (AvgIpc) is 2.92. The van der Waals surface area contributed by atoms with E-state index in [-0.39, 0.29) is 36.6 Å². The molecular weight excluding hydrogens is 545 g/mol. The van der Waals surface area contributed by atoms with Gasteiger partial charge in [0.25, 0.3) is 5.91 Å². The Morgan fingerprint density at radius 2 is 1.50 bits per heavy atom. The van der Waals surface area contributed by atoms with Gasteiger partial charge < -0.3 is 10.6 Å². The van der Waals surface area contributed by atoms with E-state index < -0.39 is 10.0 Å². The predicted molar refractivity (Wildman–Crippen MR) is 151 cm³/mol. The van der Waals surface area contributed by atoms with E-state index in [2.05, 4.69) is 10.6 Å². The van der Waals surface area contributed by atoms with Gasteiger partial charge in [-0.15, -0.1) is 0 Å². The van der Waals surface area contributed by atoms with Crippen LogP contribution < -0.4 is 10.6 Å². The fourth-order valence-electron chi connectivity index (χ4n) is 4.43. The third kappa shape index (κ3) is 7.14. The molecule has 1 aliphatic heterocycles. The minimum absolute atomic E-state index is 0.212. The summed E-state index contributed by atoms with van der Waals surface area (Å²) in [6.45, 7) is 0.895. The third-order valence-electron chi connectivity index (χ3n) is 6.58. The number of hydrogen-bond donors (Lipinski definition) is 2. The van der Waals surface area contributed by atoms with Crippen molar-refractivity contribution in [2.24, 2.45) is 5.92 Å². The maximum Gasteiger partial charge on any atom is 0.253 e. The number of para-hydroxylation sites is 1. The van der Waals surface area contributed by atoms with Crippen molar-refractivity contribution < 1.29 is 18.0 Å². The fraction of sp³-hybridized carbons (Fsp3) is 0.286. The zero-order valence-electron chi connectivity index (χ0n) is 20.7. The van der Waals surface area contributed by atoms with Crippen LogP contribution in [0, 0.1) is 5.92 Å². The molecule has 2 amide bonds. The predicted octanol–water partition coefficient (Wildman–Crippen LogP) is 5.15. The molecule has 38 heavy (non-hydrogen) atoms. The van der Waals surface area contributed by atoms with Crippen LogP contribution in [0.4, 0.5) is 5.69 Å². The van der Waals surface area contributed by atoms with Gasteiger partial charge in [0, 0.05) is 41.2 Å². The Labute approximate surface area is 233 Å². The van der Waals surface area contributed by atoms with E-state index in [0.29, 0.717) is 52.7 Å². The summed E-state index contributed by atoms with van der Waals surface area (Å²) in [6.07, 6.45) is 1.44. The van der Waals surface area contributed by atoms with E-state index in [1.54, 1.807) is 42.5 Å². The molecular formula is C28H29Cl2N3O4S. The summed E-state index contributed by atoms with van der Waals surface area (Å²) >= 11 is 12.3. The lowest BCUT2D eigenvalue weighted by Crippen LogP contribution is -2.42. The van der Waals surface area contributed by atoms with Crippen molar-refractivity contribution in [3.05, 3.63) is 99.5 Å². The van der Waals surface area contributed by atoms with Crippen molar-refractivity contribution in [1.29, 1.82) is 0 Å². The first-order valence-corrected chi connectivity index (χ1v) is 14.7. The molecule has 2 N–H and O–H groups in total. The molecule has 0 spiro atoms. The normalized spacial score (nSPS) is 14.7. The monoisotopic (exact) mass is 573 g/mol. The van der Waals surface area contributed by atoms with Gasteiger partial charge in [-0.2, -0.15) is 0 Å². The number of sulfonamides is 1. The van der Waals surface area contributed by atoms with Crippen molar-refractivity contribution >= 4 is 50.7 Å². The highest BCUT2D eigenvalue weighted by Gasteiger charge is 2.32. The molecule has 10 heteroatoms. The number of carbonyl (C=O) groups is 2. The zero-order chi connectivity index (χ0) is 27.1. The van der Waals surface area contributed by atoms with Crippen LogP contribution in [0.5, 0.6) is 0 Å². The number of halogens is 2. The molecule has 4 rings (SSSR count). The molecule has 1 saturated heterocycles. The largest absolute Gasteiger partial charge is 0.352 e. The molecule has 7 nitrogen and oxygen atoms in total. The van der Waals surface area contributed by atoms with Crippen molar-refractivity contribution in [2.45, 2.75) is 25.0 Å². The number of carbonyl (C=O) groups excluding carboxylic acids is 2. The highest BCUT2D eigenvalue weighted by molar-refractivity contribution is 7.88. The molecule has 1 fully saturated rings. The summed E-state index contributed by atoms with van der Waals surface area (Å²) in [4.78, 5) is 25.8. The summed E-state index contributed by atoms with van der Waals surface area (Å²) in [5, 5.41) is 6.39. The number of anilines is 1. The van der Waals surface area contributed by atoms with E-state index in [1.807, 2.05) is 30.3 Å². The second-order valence-electron chi connectivity index (χ2n) is 9.16. The van der Waals surface area contributed by atoms with E-state index in [9.17, 15) is 18.0 Å². The number of piperidine rings is 1. The van der Waals surface area contributed by atoms with Crippen molar-refractivity contribution in [1.82, 2.24) is 9.62 Å². The van der Waals surface area contributed by atoms with Gasteiger partial charge in [-0.05, 0) is 49.1 Å². The second-order valence-corrected chi connectivity index (χ2v) is 11.9. The molecule has 1 heterocycles. The lowest BCUT2D eigenvalue weighted by molar-refractivity contribution is -0.120. The van der Waals surface area contributed by atoms with Crippen molar-refractivity contribution in [2.75, 3.05) is 25.0 Å². The van der Waals surface area contributed by atoms with Gasteiger partial charge in [0.05, 0.1) is 17.0 Å². The van der Waals surface area contributed by atoms with Crippen LogP contribution in [-0.2, 0) is 27.0 Å². The summed E-state index contributed by atoms with van der Waals surface area (Å²) in [7, 11) is -3.66. The molecule has 0 radical (unpaired) electrons. The van der Waals surface area contributed by atoms with E-state index in [0.717, 1.165) is 5.56 Å². The van der Waals surface area contributed by atoms with Gasteiger partial charge in [-0.3, -0.25) is 9.59 Å². The quantitative estimate of drug-likeness (QED) is 0.370. The summed E-state index contributed by atoms with van der Waals surface area (Å²) < 4.78 is 27.4. The Hall–Kier alpha value is -2.91. The SMILES string of the molecule is O=C(NCCc1ccccc1)c1ccccc1NC(=O)C1CCN(S(=O)(=O)Cc2c(Cl)cccc2Cl)CC1. The van der Waals surface area contributed by atoms with Crippen LogP contribution in [-0.4, -0.2) is 44.2 Å². The topological polar surface area (TPSA) is 95.6 Å². The lowest BCUT2D eigenvalue weighted by Gasteiger charge is -2.31. The molecule has 1 aliphatic rings. The van der Waals surface area contributed by atoms with Gasteiger partial charge in [-0.1, -0.05) is 71.7 Å². The third-order valence-corrected chi connectivity index (χ3v) is 9.09. The van der Waals surface area contributed by atoms with Gasteiger partial charge >= 0.3 is 0 Å². The summed E-state index contributed by atoms with van der Waals surface area (Å²) in [5.41, 5.74) is 2.30. The first kappa shape index (κ1) is 28.1. The van der Waals surface area contributed by atoms with Crippen molar-refractivity contribution in [3.8, 4) is 0 Å². The molecule has 200 valence electrons. The van der Waals surface area contributed by atoms with Gasteiger partial charge in [0.15, 0.2) is 0 Å². The maximum atomic E-state index is 13.0. The minimum atomic E-state index is -3.66. The Balaban J connectivity index is 1.32. The number of hydrogen-bond acceptors (Lipinski definition) is 4. The van der Waals surface area contributed by atoms with Crippen LogP contribution in [0.1, 0.15) is 34.3 Å². The van der Waals surface area contributed by atoms with E-state index in [1.165, 1.54) is 4.31 Å². The molecule has 0 unspecified atom stereocenters. The first-order valence-electron chi connectivity index (χ1n) is 12.4. The van der Waals surface area contributed by atoms with Gasteiger partial charge in [0.1, 0.15) is 0 Å². The lowest BCUT2D eigenvalue weighted by atomic mass is 9.97. The van der Waals surface area contributed by atoms with E-state index in [4.69, 9.17) is 23.2 Å². The molecule has 0 bridgehead atoms. The minimum Gasteiger partial charge on any atom is -0.352 e. The number of rotatable bonds is 9. The Kier molecular flexibility index (Phi) is 9.44. The maximum absolute atomic E-state index is 13.0. The highest BCUT2D eigenvalue weighted by atomic mass is 35.5. The summed E-state index contributed by atoms with van der Waals surface area (Å²) in [5.74, 6) is -1.17. The molecule has 0 atom stereocenters. The van der Waals surface area contributed by atoms with Gasteiger partial charge in [-0.25, -0.2) is 12.7 Å². The average molecular weight is 575 g/mol. The number of nitrogens with zero attached hydrogens (tertiary/aromatic N) is 1. The molecule has 0 aliphatic carbocycles. The smallest absolute Gasteiger partial charge is 0.253 e. The van der Waals surface area contributed by atoms with Gasteiger partial charge in [0.2, 0.25) is 15.9 Å².